The van der Waals surface area contributed by atoms with Gasteiger partial charge in [0.1, 0.15) is 16.6 Å². The number of carbonyl (C=O) groups is 2. The van der Waals surface area contributed by atoms with E-state index in [1.165, 1.54) is 11.1 Å². The minimum atomic E-state index is -0.608. The number of esters is 1. The molecule has 2 unspecified atom stereocenters. The highest BCUT2D eigenvalue weighted by molar-refractivity contribution is 5.78. The van der Waals surface area contributed by atoms with Gasteiger partial charge in [-0.2, -0.15) is 0 Å². The monoisotopic (exact) mass is 526 g/mol. The Morgan fingerprint density at radius 3 is 2.95 bits per heavy atom. The molecule has 0 saturated heterocycles. The molecule has 2 aliphatic rings. The second kappa shape index (κ2) is 9.85. The predicted octanol–water partition coefficient (Wildman–Crippen LogP) is 3.64. The molecule has 4 heterocycles. The second-order valence-corrected chi connectivity index (χ2v) is 10.9. The normalized spacial score (nSPS) is 19.0. The molecule has 0 amide bonds. The number of hydrogen-bond acceptors (Lipinski definition) is 9. The van der Waals surface area contributed by atoms with Crippen molar-refractivity contribution in [3.63, 3.8) is 0 Å². The lowest BCUT2D eigenvalue weighted by molar-refractivity contribution is -0.151. The molecule has 200 valence electrons. The van der Waals surface area contributed by atoms with Gasteiger partial charge < -0.3 is 9.47 Å². The summed E-state index contributed by atoms with van der Waals surface area (Å²) < 4.78 is 12.6. The number of hydrogen-bond donors (Lipinski definition) is 0. The van der Waals surface area contributed by atoms with Crippen molar-refractivity contribution in [2.75, 3.05) is 6.54 Å². The van der Waals surface area contributed by atoms with Gasteiger partial charge in [0.25, 0.3) is 0 Å². The molecular weight excluding hydrogens is 496 g/mol. The van der Waals surface area contributed by atoms with Gasteiger partial charge in [-0.05, 0) is 55.5 Å². The molecule has 1 aliphatic carbocycles. The maximum Gasteiger partial charge on any atom is 0.314 e. The largest absolute Gasteiger partial charge is 0.470 e. The zero-order chi connectivity index (χ0) is 27.1. The molecule has 10 nitrogen and oxygen atoms in total. The number of nitrogens with zero attached hydrogens (tertiary/aromatic N) is 6. The molecule has 3 aromatic heterocycles. The quantitative estimate of drug-likeness (QED) is 0.211. The summed E-state index contributed by atoms with van der Waals surface area (Å²) in [6.45, 7) is 5.85. The Kier molecular flexibility index (Phi) is 6.34. The van der Waals surface area contributed by atoms with Gasteiger partial charge in [-0.3, -0.25) is 19.5 Å². The van der Waals surface area contributed by atoms with E-state index in [2.05, 4.69) is 68.0 Å². The standard InChI is InChI=1S/C29H30N6O4/c1-29(2)16-35(15-20-5-4-10-30-28(20)39-29)25-9-8-18-6-7-19(11-22(18)25)21(12-27(37)38-17-36)23-13-24-26(14-31-23)34(3)33-32-24/h4-7,10-11,13-14,17,21,25H,8-9,12,15-16H2,1-3H3. The van der Waals surface area contributed by atoms with Crippen LogP contribution in [0.3, 0.4) is 0 Å². The van der Waals surface area contributed by atoms with Gasteiger partial charge in [-0.1, -0.05) is 29.5 Å². The first-order valence-electron chi connectivity index (χ1n) is 13.1. The van der Waals surface area contributed by atoms with Crippen LogP contribution in [0.25, 0.3) is 11.0 Å². The Morgan fingerprint density at radius 2 is 2.10 bits per heavy atom. The molecule has 39 heavy (non-hydrogen) atoms. The number of rotatable bonds is 6. The van der Waals surface area contributed by atoms with Crippen LogP contribution >= 0.6 is 0 Å². The Labute approximate surface area is 226 Å². The second-order valence-electron chi connectivity index (χ2n) is 10.9. The first kappa shape index (κ1) is 25.1. The molecule has 4 aromatic rings. The number of aromatic nitrogens is 5. The third-order valence-electron chi connectivity index (χ3n) is 7.66. The van der Waals surface area contributed by atoms with Crippen LogP contribution in [0.4, 0.5) is 0 Å². The lowest BCUT2D eigenvalue weighted by Gasteiger charge is -2.33. The van der Waals surface area contributed by atoms with E-state index in [9.17, 15) is 9.59 Å². The Hall–Kier alpha value is -4.18. The molecule has 1 aromatic carbocycles. The molecular formula is C29H30N6O4. The van der Waals surface area contributed by atoms with Gasteiger partial charge in [-0.25, -0.2) is 9.67 Å². The van der Waals surface area contributed by atoms with E-state index >= 15 is 0 Å². The van der Waals surface area contributed by atoms with Crippen molar-refractivity contribution in [3.05, 3.63) is 76.7 Å². The first-order valence-corrected chi connectivity index (χ1v) is 13.1. The van der Waals surface area contributed by atoms with Crippen molar-refractivity contribution in [2.45, 2.75) is 57.2 Å². The van der Waals surface area contributed by atoms with Crippen LogP contribution in [0.2, 0.25) is 0 Å². The molecule has 2 atom stereocenters. The minimum Gasteiger partial charge on any atom is -0.470 e. The molecule has 0 radical (unpaired) electrons. The van der Waals surface area contributed by atoms with E-state index in [0.29, 0.717) is 17.1 Å². The van der Waals surface area contributed by atoms with Gasteiger partial charge in [0.05, 0.1) is 18.3 Å². The summed E-state index contributed by atoms with van der Waals surface area (Å²) >= 11 is 0. The SMILES string of the molecule is Cn1nnc2cc(C(CC(=O)OC=O)c3ccc4c(c3)C(N3Cc5cccnc5OC(C)(C)C3)CC4)ncc21. The third-order valence-corrected chi connectivity index (χ3v) is 7.66. The topological polar surface area (TPSA) is 112 Å². The van der Waals surface area contributed by atoms with Crippen LogP contribution < -0.4 is 4.74 Å². The van der Waals surface area contributed by atoms with Crippen molar-refractivity contribution in [1.82, 2.24) is 29.9 Å². The molecule has 0 N–H and O–H groups in total. The van der Waals surface area contributed by atoms with E-state index in [-0.39, 0.29) is 18.9 Å². The van der Waals surface area contributed by atoms with Crippen molar-refractivity contribution in [3.8, 4) is 5.88 Å². The summed E-state index contributed by atoms with van der Waals surface area (Å²) in [6, 6.07) is 12.5. The third kappa shape index (κ3) is 4.87. The van der Waals surface area contributed by atoms with Crippen LogP contribution in [0.15, 0.2) is 48.8 Å². The summed E-state index contributed by atoms with van der Waals surface area (Å²) in [5.74, 6) is -0.330. The molecule has 0 spiro atoms. The van der Waals surface area contributed by atoms with Crippen molar-refractivity contribution < 1.29 is 19.1 Å². The molecule has 0 bridgehead atoms. The highest BCUT2D eigenvalue weighted by Gasteiger charge is 2.37. The average Bonchev–Trinajstić information content (AvgIpc) is 3.46. The predicted molar refractivity (Wildman–Crippen MR) is 142 cm³/mol. The van der Waals surface area contributed by atoms with Crippen LogP contribution in [-0.4, -0.2) is 54.4 Å². The molecule has 0 saturated carbocycles. The van der Waals surface area contributed by atoms with Crippen LogP contribution in [-0.2, 0) is 34.3 Å². The summed E-state index contributed by atoms with van der Waals surface area (Å²) in [6.07, 6.45) is 5.42. The van der Waals surface area contributed by atoms with Gasteiger partial charge in [0, 0.05) is 43.9 Å². The molecule has 1 aliphatic heterocycles. The van der Waals surface area contributed by atoms with Gasteiger partial charge in [-0.15, -0.1) is 5.10 Å². The lowest BCUT2D eigenvalue weighted by Crippen LogP contribution is -2.41. The van der Waals surface area contributed by atoms with Crippen molar-refractivity contribution >= 4 is 23.5 Å². The maximum atomic E-state index is 12.5. The fourth-order valence-electron chi connectivity index (χ4n) is 5.91. The van der Waals surface area contributed by atoms with E-state index < -0.39 is 17.5 Å². The van der Waals surface area contributed by atoms with Gasteiger partial charge in [0.15, 0.2) is 0 Å². The molecule has 10 heteroatoms. The van der Waals surface area contributed by atoms with E-state index in [1.54, 1.807) is 24.1 Å². The number of pyridine rings is 2. The zero-order valence-electron chi connectivity index (χ0n) is 22.2. The number of aryl methyl sites for hydroxylation is 2. The highest BCUT2D eigenvalue weighted by Crippen LogP contribution is 2.42. The van der Waals surface area contributed by atoms with Crippen LogP contribution in [0.5, 0.6) is 5.88 Å². The molecule has 0 fully saturated rings. The average molecular weight is 527 g/mol. The lowest BCUT2D eigenvalue weighted by atomic mass is 9.89. The van der Waals surface area contributed by atoms with E-state index in [4.69, 9.17) is 4.74 Å². The summed E-state index contributed by atoms with van der Waals surface area (Å²) in [7, 11) is 1.81. The van der Waals surface area contributed by atoms with Crippen LogP contribution in [0.1, 0.15) is 66.6 Å². The summed E-state index contributed by atoms with van der Waals surface area (Å²) in [5.41, 5.74) is 6.30. The fourth-order valence-corrected chi connectivity index (χ4v) is 5.91. The Morgan fingerprint density at radius 1 is 1.23 bits per heavy atom. The number of fused-ring (bicyclic) bond motifs is 3. The smallest absolute Gasteiger partial charge is 0.314 e. The number of benzene rings is 1. The number of ether oxygens (including phenoxy) is 2. The van der Waals surface area contributed by atoms with Crippen molar-refractivity contribution in [2.24, 2.45) is 7.05 Å². The van der Waals surface area contributed by atoms with E-state index in [1.807, 2.05) is 12.1 Å². The van der Waals surface area contributed by atoms with Crippen molar-refractivity contribution in [1.29, 1.82) is 0 Å². The first-order chi connectivity index (χ1) is 18.8. The Balaban J connectivity index is 1.38. The van der Waals surface area contributed by atoms with Gasteiger partial charge in [0.2, 0.25) is 5.88 Å². The Bertz CT molecular complexity index is 1560. The summed E-state index contributed by atoms with van der Waals surface area (Å²) in [4.78, 5) is 35.0. The highest BCUT2D eigenvalue weighted by atomic mass is 16.6. The van der Waals surface area contributed by atoms with Crippen LogP contribution in [0, 0.1) is 0 Å². The van der Waals surface area contributed by atoms with E-state index in [0.717, 1.165) is 42.6 Å². The fraction of sp³-hybridized carbons (Fsp3) is 0.379. The van der Waals surface area contributed by atoms with Gasteiger partial charge >= 0.3 is 12.4 Å². The molecule has 6 rings (SSSR count). The zero-order valence-corrected chi connectivity index (χ0v) is 22.2. The minimum absolute atomic E-state index is 0.0232. The number of carbonyl (C=O) groups excluding carboxylic acids is 2. The maximum absolute atomic E-state index is 12.5. The summed E-state index contributed by atoms with van der Waals surface area (Å²) in [5, 5.41) is 8.29.